The van der Waals surface area contributed by atoms with Crippen LogP contribution in [0, 0.1) is 6.92 Å². The van der Waals surface area contributed by atoms with Crippen molar-refractivity contribution in [1.29, 1.82) is 0 Å². The van der Waals surface area contributed by atoms with Crippen LogP contribution in [0.2, 0.25) is 10.0 Å². The van der Waals surface area contributed by atoms with E-state index in [1.807, 2.05) is 20.8 Å². The first-order chi connectivity index (χ1) is 10.6. The highest BCUT2D eigenvalue weighted by Crippen LogP contribution is 2.26. The molecule has 2 aromatic rings. The summed E-state index contributed by atoms with van der Waals surface area (Å²) in [5.74, 6) is 0.737. The number of carbonyl (C=O) groups excluding carboxylic acids is 1. The van der Waals surface area contributed by atoms with Crippen LogP contribution in [0.3, 0.4) is 0 Å². The van der Waals surface area contributed by atoms with Gasteiger partial charge in [-0.1, -0.05) is 23.2 Å². The van der Waals surface area contributed by atoms with Crippen molar-refractivity contribution < 1.29 is 4.79 Å². The quantitative estimate of drug-likeness (QED) is 0.849. The maximum Gasteiger partial charge on any atom is 0.274 e. The second-order valence-corrected chi connectivity index (χ2v) is 6.98. The molecule has 7 heteroatoms. The molecule has 0 unspecified atom stereocenters. The number of anilines is 2. The van der Waals surface area contributed by atoms with Gasteiger partial charge in [-0.15, -0.1) is 0 Å². The minimum Gasteiger partial charge on any atom is -0.365 e. The lowest BCUT2D eigenvalue weighted by Crippen LogP contribution is -2.27. The molecule has 1 aromatic heterocycles. The van der Waals surface area contributed by atoms with Crippen LogP contribution in [0.25, 0.3) is 0 Å². The summed E-state index contributed by atoms with van der Waals surface area (Å²) in [6.07, 6.45) is 0. The first-order valence-corrected chi connectivity index (χ1v) is 7.80. The van der Waals surface area contributed by atoms with Gasteiger partial charge in [0.1, 0.15) is 17.3 Å². The number of aromatic nitrogens is 2. The number of aryl methyl sites for hydroxylation is 1. The highest BCUT2D eigenvalue weighted by Gasteiger charge is 2.15. The minimum atomic E-state index is -0.364. The Balaban J connectivity index is 2.25. The zero-order valence-electron chi connectivity index (χ0n) is 13.4. The van der Waals surface area contributed by atoms with E-state index in [2.05, 4.69) is 20.6 Å². The molecule has 0 aliphatic rings. The lowest BCUT2D eigenvalue weighted by atomic mass is 10.1. The van der Waals surface area contributed by atoms with E-state index in [9.17, 15) is 4.79 Å². The summed E-state index contributed by atoms with van der Waals surface area (Å²) in [6.45, 7) is 7.77. The number of nitrogens with zero attached hydrogens (tertiary/aromatic N) is 2. The topological polar surface area (TPSA) is 66.9 Å². The molecule has 0 saturated heterocycles. The molecule has 5 nitrogen and oxygen atoms in total. The van der Waals surface area contributed by atoms with Crippen molar-refractivity contribution in [2.75, 3.05) is 10.6 Å². The van der Waals surface area contributed by atoms with E-state index in [1.54, 1.807) is 31.2 Å². The summed E-state index contributed by atoms with van der Waals surface area (Å²) >= 11 is 11.9. The minimum absolute atomic E-state index is 0.173. The molecule has 2 rings (SSSR count). The van der Waals surface area contributed by atoms with Crippen molar-refractivity contribution in [3.05, 3.63) is 45.8 Å². The van der Waals surface area contributed by atoms with Crippen LogP contribution in [0.5, 0.6) is 0 Å². The lowest BCUT2D eigenvalue weighted by molar-refractivity contribution is 0.102. The summed E-state index contributed by atoms with van der Waals surface area (Å²) < 4.78 is 0. The van der Waals surface area contributed by atoms with Crippen molar-refractivity contribution in [2.45, 2.75) is 33.2 Å². The number of carbonyl (C=O) groups is 1. The van der Waals surface area contributed by atoms with Crippen LogP contribution in [-0.2, 0) is 0 Å². The van der Waals surface area contributed by atoms with Gasteiger partial charge in [-0.25, -0.2) is 9.97 Å². The average Bonchev–Trinajstić information content (AvgIpc) is 2.39. The van der Waals surface area contributed by atoms with E-state index < -0.39 is 0 Å². The van der Waals surface area contributed by atoms with Gasteiger partial charge in [0, 0.05) is 16.6 Å². The van der Waals surface area contributed by atoms with E-state index in [-0.39, 0.29) is 17.1 Å². The van der Waals surface area contributed by atoms with Crippen LogP contribution in [-0.4, -0.2) is 21.4 Å². The molecule has 0 saturated carbocycles. The van der Waals surface area contributed by atoms with Crippen LogP contribution < -0.4 is 10.6 Å². The Kier molecular flexibility index (Phi) is 5.12. The van der Waals surface area contributed by atoms with Gasteiger partial charge in [0.25, 0.3) is 5.91 Å². The number of halogens is 2. The zero-order valence-corrected chi connectivity index (χ0v) is 14.9. The summed E-state index contributed by atoms with van der Waals surface area (Å²) in [7, 11) is 0. The SMILES string of the molecule is Cc1nc(NC(C)(C)C)cc(C(=O)Nc2ccc(Cl)cc2Cl)n1. The van der Waals surface area contributed by atoms with E-state index in [0.717, 1.165) is 0 Å². The Morgan fingerprint density at radius 2 is 1.83 bits per heavy atom. The van der Waals surface area contributed by atoms with Crippen molar-refractivity contribution in [2.24, 2.45) is 0 Å². The number of rotatable bonds is 3. The fraction of sp³-hybridized carbons (Fsp3) is 0.312. The summed E-state index contributed by atoms with van der Waals surface area (Å²) in [6, 6.07) is 6.47. The normalized spacial score (nSPS) is 11.2. The molecule has 122 valence electrons. The number of nitrogens with one attached hydrogen (secondary N) is 2. The van der Waals surface area contributed by atoms with Crippen molar-refractivity contribution in [3.8, 4) is 0 Å². The summed E-state index contributed by atoms with van der Waals surface area (Å²) in [5.41, 5.74) is 0.562. The second kappa shape index (κ2) is 6.72. The third-order valence-corrected chi connectivity index (χ3v) is 3.30. The largest absolute Gasteiger partial charge is 0.365 e. The monoisotopic (exact) mass is 352 g/mol. The first-order valence-electron chi connectivity index (χ1n) is 7.04. The predicted octanol–water partition coefficient (Wildman–Crippen LogP) is 4.55. The van der Waals surface area contributed by atoms with Crippen LogP contribution in [0.15, 0.2) is 24.3 Å². The highest BCUT2D eigenvalue weighted by atomic mass is 35.5. The van der Waals surface area contributed by atoms with Crippen LogP contribution in [0.4, 0.5) is 11.5 Å². The molecule has 2 N–H and O–H groups in total. The molecule has 1 amide bonds. The van der Waals surface area contributed by atoms with Crippen molar-refractivity contribution in [3.63, 3.8) is 0 Å². The number of hydrogen-bond acceptors (Lipinski definition) is 4. The van der Waals surface area contributed by atoms with Gasteiger partial charge < -0.3 is 10.6 Å². The van der Waals surface area contributed by atoms with Crippen molar-refractivity contribution in [1.82, 2.24) is 9.97 Å². The molecule has 0 aliphatic carbocycles. The molecule has 0 atom stereocenters. The lowest BCUT2D eigenvalue weighted by Gasteiger charge is -2.21. The molecule has 0 aliphatic heterocycles. The summed E-state index contributed by atoms with van der Waals surface area (Å²) in [4.78, 5) is 20.9. The van der Waals surface area contributed by atoms with Gasteiger partial charge in [-0.2, -0.15) is 0 Å². The molecule has 1 aromatic carbocycles. The van der Waals surface area contributed by atoms with Gasteiger partial charge in [-0.3, -0.25) is 4.79 Å². The predicted molar refractivity (Wildman–Crippen MR) is 94.6 cm³/mol. The standard InChI is InChI=1S/C16H18Cl2N4O/c1-9-19-13(8-14(20-9)22-16(2,3)4)15(23)21-12-6-5-10(17)7-11(12)18/h5-8H,1-4H3,(H,21,23)(H,19,20,22). The Labute approximate surface area is 145 Å². The number of amides is 1. The van der Waals surface area contributed by atoms with E-state index in [4.69, 9.17) is 23.2 Å². The van der Waals surface area contributed by atoms with Gasteiger partial charge in [0.15, 0.2) is 0 Å². The third kappa shape index (κ3) is 5.08. The van der Waals surface area contributed by atoms with Crippen molar-refractivity contribution >= 4 is 40.6 Å². The third-order valence-electron chi connectivity index (χ3n) is 2.75. The molecule has 0 spiro atoms. The van der Waals surface area contributed by atoms with Gasteiger partial charge in [-0.05, 0) is 45.9 Å². The van der Waals surface area contributed by atoms with Gasteiger partial charge in [0.2, 0.25) is 0 Å². The Morgan fingerprint density at radius 1 is 1.13 bits per heavy atom. The fourth-order valence-corrected chi connectivity index (χ4v) is 2.37. The van der Waals surface area contributed by atoms with Gasteiger partial charge >= 0.3 is 0 Å². The molecular formula is C16H18Cl2N4O. The van der Waals surface area contributed by atoms with E-state index >= 15 is 0 Å². The Hall–Kier alpha value is -1.85. The first kappa shape index (κ1) is 17.5. The molecular weight excluding hydrogens is 335 g/mol. The molecule has 0 radical (unpaired) electrons. The number of benzene rings is 1. The molecule has 1 heterocycles. The van der Waals surface area contributed by atoms with E-state index in [0.29, 0.717) is 27.4 Å². The van der Waals surface area contributed by atoms with Crippen LogP contribution >= 0.6 is 23.2 Å². The van der Waals surface area contributed by atoms with Gasteiger partial charge in [0.05, 0.1) is 10.7 Å². The number of hydrogen-bond donors (Lipinski definition) is 2. The Bertz CT molecular complexity index is 741. The second-order valence-electron chi connectivity index (χ2n) is 6.14. The zero-order chi connectivity index (χ0) is 17.2. The molecule has 0 fully saturated rings. The van der Waals surface area contributed by atoms with Crippen LogP contribution in [0.1, 0.15) is 37.1 Å². The average molecular weight is 353 g/mol. The maximum atomic E-state index is 12.4. The summed E-state index contributed by atoms with van der Waals surface area (Å²) in [5, 5.41) is 6.82. The highest BCUT2D eigenvalue weighted by molar-refractivity contribution is 6.36. The molecule has 23 heavy (non-hydrogen) atoms. The fourth-order valence-electron chi connectivity index (χ4n) is 1.91. The Morgan fingerprint density at radius 3 is 2.43 bits per heavy atom. The smallest absolute Gasteiger partial charge is 0.274 e. The molecule has 0 bridgehead atoms. The van der Waals surface area contributed by atoms with E-state index in [1.165, 1.54) is 0 Å². The maximum absolute atomic E-state index is 12.4.